The van der Waals surface area contributed by atoms with Crippen molar-refractivity contribution in [3.05, 3.63) is 11.8 Å². The number of carbonyl (C=O) groups is 1. The van der Waals surface area contributed by atoms with Gasteiger partial charge in [0.1, 0.15) is 0 Å². The number of rotatable bonds is 0. The van der Waals surface area contributed by atoms with Gasteiger partial charge in [-0.2, -0.15) is 0 Å². The van der Waals surface area contributed by atoms with Crippen LogP contribution in [0.3, 0.4) is 0 Å². The third-order valence-electron chi connectivity index (χ3n) is 5.20. The number of hydrogen-bond donors (Lipinski definition) is 1. The number of aliphatic hydroxyl groups excluding tert-OH is 1. The van der Waals surface area contributed by atoms with Crippen molar-refractivity contribution in [3.8, 4) is 0 Å². The first-order chi connectivity index (χ1) is 8.50. The van der Waals surface area contributed by atoms with Crippen molar-refractivity contribution in [3.63, 3.8) is 0 Å². The van der Waals surface area contributed by atoms with Crippen LogP contribution in [0.5, 0.6) is 0 Å². The smallest absolute Gasteiger partial charge is 0.202 e. The first kappa shape index (κ1) is 12.2. The largest absolute Gasteiger partial charge is 0.505 e. The Balaban J connectivity index is 1.95. The summed E-state index contributed by atoms with van der Waals surface area (Å²) in [5, 5.41) is 9.67. The monoisotopic (exact) mass is 252 g/mol. The second-order valence-corrected chi connectivity index (χ2v) is 5.98. The summed E-state index contributed by atoms with van der Waals surface area (Å²) in [6, 6.07) is 0. The molecule has 0 aromatic carbocycles. The molecule has 1 aliphatic heterocycles. The van der Waals surface area contributed by atoms with Gasteiger partial charge in [-0.1, -0.05) is 13.8 Å². The average Bonchev–Trinajstić information content (AvgIpc) is 2.82. The molecule has 3 atom stereocenters. The van der Waals surface area contributed by atoms with E-state index in [0.29, 0.717) is 13.2 Å². The molecular formula is C14H20O4. The quantitative estimate of drug-likeness (QED) is 0.718. The summed E-state index contributed by atoms with van der Waals surface area (Å²) in [5.41, 5.74) is -0.460. The highest BCUT2D eigenvalue weighted by molar-refractivity contribution is 5.98. The lowest BCUT2D eigenvalue weighted by Gasteiger charge is -2.52. The maximum absolute atomic E-state index is 12.2. The Labute approximate surface area is 107 Å². The van der Waals surface area contributed by atoms with Gasteiger partial charge in [0.05, 0.1) is 13.2 Å². The molecule has 1 N–H and O–H groups in total. The molecule has 4 heteroatoms. The molecule has 18 heavy (non-hydrogen) atoms. The van der Waals surface area contributed by atoms with Crippen molar-refractivity contribution in [2.24, 2.45) is 17.3 Å². The number of ketones is 1. The molecule has 3 rings (SSSR count). The highest BCUT2D eigenvalue weighted by atomic mass is 16.7. The van der Waals surface area contributed by atoms with Crippen LogP contribution in [0.2, 0.25) is 0 Å². The van der Waals surface area contributed by atoms with Gasteiger partial charge >= 0.3 is 0 Å². The third kappa shape index (κ3) is 1.42. The molecule has 3 aliphatic rings. The second-order valence-electron chi connectivity index (χ2n) is 5.98. The van der Waals surface area contributed by atoms with Gasteiger partial charge in [0.15, 0.2) is 11.5 Å². The summed E-state index contributed by atoms with van der Waals surface area (Å²) < 4.78 is 11.7. The van der Waals surface area contributed by atoms with Gasteiger partial charge in [-0.05, 0) is 24.8 Å². The number of aliphatic hydroxyl groups is 1. The summed E-state index contributed by atoms with van der Waals surface area (Å²) in [7, 11) is 0. The van der Waals surface area contributed by atoms with E-state index < -0.39 is 11.2 Å². The molecular weight excluding hydrogens is 232 g/mol. The molecule has 1 saturated heterocycles. The Kier molecular flexibility index (Phi) is 2.58. The van der Waals surface area contributed by atoms with E-state index in [1.54, 1.807) is 6.08 Å². The van der Waals surface area contributed by atoms with Crippen molar-refractivity contribution in [1.29, 1.82) is 0 Å². The van der Waals surface area contributed by atoms with E-state index in [9.17, 15) is 9.90 Å². The number of hydrogen-bond acceptors (Lipinski definition) is 4. The fourth-order valence-corrected chi connectivity index (χ4v) is 3.95. The van der Waals surface area contributed by atoms with Crippen LogP contribution >= 0.6 is 0 Å². The zero-order valence-corrected chi connectivity index (χ0v) is 10.9. The lowest BCUT2D eigenvalue weighted by atomic mass is 9.56. The molecule has 0 bridgehead atoms. The summed E-state index contributed by atoms with van der Waals surface area (Å²) in [4.78, 5) is 12.2. The molecule has 0 aromatic rings. The fraction of sp³-hybridized carbons (Fsp3) is 0.786. The van der Waals surface area contributed by atoms with Gasteiger partial charge in [-0.15, -0.1) is 0 Å². The van der Waals surface area contributed by atoms with E-state index in [2.05, 4.69) is 6.92 Å². The summed E-state index contributed by atoms with van der Waals surface area (Å²) in [6.07, 6.45) is 3.84. The van der Waals surface area contributed by atoms with Gasteiger partial charge in [-0.3, -0.25) is 4.79 Å². The summed E-state index contributed by atoms with van der Waals surface area (Å²) in [5.74, 6) is -0.311. The zero-order valence-electron chi connectivity index (χ0n) is 10.9. The highest BCUT2D eigenvalue weighted by Crippen LogP contribution is 2.55. The van der Waals surface area contributed by atoms with Crippen LogP contribution in [-0.2, 0) is 14.3 Å². The highest BCUT2D eigenvalue weighted by Gasteiger charge is 2.58. The molecule has 2 aliphatic carbocycles. The van der Waals surface area contributed by atoms with Crippen LogP contribution < -0.4 is 0 Å². The van der Waals surface area contributed by atoms with Gasteiger partial charge in [-0.25, -0.2) is 0 Å². The molecule has 0 unspecified atom stereocenters. The normalized spacial score (nSPS) is 42.8. The van der Waals surface area contributed by atoms with Crippen LogP contribution in [-0.4, -0.2) is 29.9 Å². The Bertz CT molecular complexity index is 408. The lowest BCUT2D eigenvalue weighted by molar-refractivity contribution is -0.240. The predicted octanol–water partition coefficient (Wildman–Crippen LogP) is 2.20. The minimum atomic E-state index is -0.495. The molecule has 0 radical (unpaired) electrons. The van der Waals surface area contributed by atoms with Crippen molar-refractivity contribution >= 4 is 5.78 Å². The van der Waals surface area contributed by atoms with Crippen LogP contribution in [0, 0.1) is 17.3 Å². The topological polar surface area (TPSA) is 55.8 Å². The van der Waals surface area contributed by atoms with Crippen LogP contribution in [0.4, 0.5) is 0 Å². The second kappa shape index (κ2) is 3.81. The number of fused-ring (bicyclic) bond motifs is 1. The van der Waals surface area contributed by atoms with E-state index >= 15 is 0 Å². The lowest BCUT2D eigenvalue weighted by Crippen LogP contribution is -2.55. The van der Waals surface area contributed by atoms with E-state index in [1.807, 2.05) is 6.92 Å². The van der Waals surface area contributed by atoms with Crippen LogP contribution in [0.1, 0.15) is 33.1 Å². The predicted molar refractivity (Wildman–Crippen MR) is 65.0 cm³/mol. The van der Waals surface area contributed by atoms with E-state index in [0.717, 1.165) is 19.3 Å². The van der Waals surface area contributed by atoms with Gasteiger partial charge in [0.25, 0.3) is 0 Å². The zero-order chi connectivity index (χ0) is 13.0. The van der Waals surface area contributed by atoms with Crippen molar-refractivity contribution in [2.45, 2.75) is 38.9 Å². The maximum atomic E-state index is 12.2. The maximum Gasteiger partial charge on any atom is 0.202 e. The minimum Gasteiger partial charge on any atom is -0.505 e. The molecule has 2 fully saturated rings. The number of carbonyl (C=O) groups excluding carboxylic acids is 1. The van der Waals surface area contributed by atoms with Crippen LogP contribution in [0.15, 0.2) is 11.8 Å². The third-order valence-corrected chi connectivity index (χ3v) is 5.20. The van der Waals surface area contributed by atoms with Crippen molar-refractivity contribution in [2.75, 3.05) is 13.2 Å². The standard InChI is InChI=1S/C14H20O4/c1-9-10-3-4-11(15)12(16)13(10,2)5-6-14(9)17-7-8-18-14/h4,9-10,15H,3,5-8H2,1-2H3/t9-,10-,13-/m0/s1. The van der Waals surface area contributed by atoms with Crippen LogP contribution in [0.25, 0.3) is 0 Å². The van der Waals surface area contributed by atoms with E-state index in [-0.39, 0.29) is 23.4 Å². The number of Topliss-reactive ketones (excluding diaryl/α,β-unsaturated/α-hetero) is 1. The Morgan fingerprint density at radius 2 is 2.00 bits per heavy atom. The SMILES string of the molecule is C[C@H]1[C@@H]2CC=C(O)C(=O)[C@@]2(C)CCC12OCCO2. The molecule has 4 nitrogen and oxygen atoms in total. The van der Waals surface area contributed by atoms with E-state index in [4.69, 9.17) is 9.47 Å². The first-order valence-electron chi connectivity index (χ1n) is 6.71. The summed E-state index contributed by atoms with van der Waals surface area (Å²) in [6.45, 7) is 5.37. The van der Waals surface area contributed by atoms with Gasteiger partial charge in [0, 0.05) is 17.8 Å². The number of ether oxygens (including phenoxy) is 2. The Morgan fingerprint density at radius 1 is 1.33 bits per heavy atom. The molecule has 100 valence electrons. The van der Waals surface area contributed by atoms with Crippen molar-refractivity contribution in [1.82, 2.24) is 0 Å². The molecule has 0 amide bonds. The first-order valence-corrected chi connectivity index (χ1v) is 6.71. The fourth-order valence-electron chi connectivity index (χ4n) is 3.95. The van der Waals surface area contributed by atoms with Gasteiger partial charge < -0.3 is 14.6 Å². The number of allylic oxidation sites excluding steroid dienone is 2. The Morgan fingerprint density at radius 3 is 2.67 bits per heavy atom. The van der Waals surface area contributed by atoms with E-state index in [1.165, 1.54) is 0 Å². The summed E-state index contributed by atoms with van der Waals surface area (Å²) >= 11 is 0. The van der Waals surface area contributed by atoms with Crippen molar-refractivity contribution < 1.29 is 19.4 Å². The van der Waals surface area contributed by atoms with Gasteiger partial charge in [0.2, 0.25) is 5.78 Å². The molecule has 1 spiro atoms. The molecule has 1 heterocycles. The molecule has 0 aromatic heterocycles. The average molecular weight is 252 g/mol. The Hall–Kier alpha value is -0.870. The minimum absolute atomic E-state index is 0.0647. The molecule has 1 saturated carbocycles.